The normalized spacial score (nSPS) is 15.1. The molecule has 1 aromatic carbocycles. The van der Waals surface area contributed by atoms with Gasteiger partial charge in [0.05, 0.1) is 17.6 Å². The van der Waals surface area contributed by atoms with Crippen molar-refractivity contribution >= 4 is 0 Å². The Labute approximate surface area is 113 Å². The molecule has 1 heterocycles. The van der Waals surface area contributed by atoms with Crippen LogP contribution in [-0.4, -0.2) is 21.0 Å². The average Bonchev–Trinajstić information content (AvgIpc) is 3.13. The standard InChI is InChI=1S/C15H20N4/c1-11(2)12-3-7-15(8-4-12)19-10-14(17-18-19)9-16-13-5-6-13/h3-4,7-8,10-11,13,16H,5-6,9H2,1-2H3. The summed E-state index contributed by atoms with van der Waals surface area (Å²) in [6, 6.07) is 9.22. The highest BCUT2D eigenvalue weighted by Crippen LogP contribution is 2.19. The molecule has 1 N–H and O–H groups in total. The van der Waals surface area contributed by atoms with Crippen molar-refractivity contribution in [1.29, 1.82) is 0 Å². The summed E-state index contributed by atoms with van der Waals surface area (Å²) in [7, 11) is 0. The molecule has 4 heteroatoms. The lowest BCUT2D eigenvalue weighted by Crippen LogP contribution is -2.15. The van der Waals surface area contributed by atoms with E-state index in [1.165, 1.54) is 18.4 Å². The molecule has 2 aromatic rings. The summed E-state index contributed by atoms with van der Waals surface area (Å²) in [6.07, 6.45) is 4.59. The molecule has 1 aromatic heterocycles. The number of aromatic nitrogens is 3. The Hall–Kier alpha value is -1.68. The molecule has 0 saturated heterocycles. The van der Waals surface area contributed by atoms with E-state index in [2.05, 4.69) is 53.7 Å². The average molecular weight is 256 g/mol. The molecule has 0 atom stereocenters. The van der Waals surface area contributed by atoms with Crippen LogP contribution in [0.1, 0.15) is 43.9 Å². The van der Waals surface area contributed by atoms with E-state index in [0.717, 1.165) is 17.9 Å². The van der Waals surface area contributed by atoms with E-state index in [-0.39, 0.29) is 0 Å². The van der Waals surface area contributed by atoms with Crippen molar-refractivity contribution in [2.24, 2.45) is 0 Å². The van der Waals surface area contributed by atoms with E-state index in [4.69, 9.17) is 0 Å². The first-order valence-electron chi connectivity index (χ1n) is 6.97. The first-order chi connectivity index (χ1) is 9.22. The third kappa shape index (κ3) is 3.01. The van der Waals surface area contributed by atoms with E-state index in [0.29, 0.717) is 12.0 Å². The Bertz CT molecular complexity index is 538. The molecule has 3 rings (SSSR count). The van der Waals surface area contributed by atoms with Gasteiger partial charge in [0.25, 0.3) is 0 Å². The van der Waals surface area contributed by atoms with Crippen molar-refractivity contribution in [3.8, 4) is 5.69 Å². The van der Waals surface area contributed by atoms with Crippen LogP contribution in [0.2, 0.25) is 0 Å². The molecular weight excluding hydrogens is 236 g/mol. The monoisotopic (exact) mass is 256 g/mol. The van der Waals surface area contributed by atoms with Crippen molar-refractivity contribution in [2.45, 2.75) is 45.2 Å². The third-order valence-corrected chi connectivity index (χ3v) is 3.51. The summed E-state index contributed by atoms with van der Waals surface area (Å²) in [5, 5.41) is 11.8. The van der Waals surface area contributed by atoms with Gasteiger partial charge in [-0.15, -0.1) is 5.10 Å². The Kier molecular flexibility index (Phi) is 3.34. The Morgan fingerprint density at radius 1 is 1.26 bits per heavy atom. The summed E-state index contributed by atoms with van der Waals surface area (Å²) in [5.41, 5.74) is 3.41. The zero-order valence-corrected chi connectivity index (χ0v) is 11.5. The summed E-state index contributed by atoms with van der Waals surface area (Å²) >= 11 is 0. The van der Waals surface area contributed by atoms with E-state index in [9.17, 15) is 0 Å². The lowest BCUT2D eigenvalue weighted by atomic mass is 10.0. The van der Waals surface area contributed by atoms with Crippen LogP contribution in [0.25, 0.3) is 5.69 Å². The van der Waals surface area contributed by atoms with E-state index in [1.54, 1.807) is 0 Å². The second-order valence-corrected chi connectivity index (χ2v) is 5.56. The number of hydrogen-bond acceptors (Lipinski definition) is 3. The molecule has 19 heavy (non-hydrogen) atoms. The van der Waals surface area contributed by atoms with Crippen LogP contribution in [-0.2, 0) is 6.54 Å². The molecular formula is C15H20N4. The van der Waals surface area contributed by atoms with Gasteiger partial charge >= 0.3 is 0 Å². The molecule has 0 bridgehead atoms. The molecule has 0 amide bonds. The van der Waals surface area contributed by atoms with Crippen molar-refractivity contribution in [2.75, 3.05) is 0 Å². The van der Waals surface area contributed by atoms with E-state index in [1.807, 2.05) is 10.9 Å². The highest BCUT2D eigenvalue weighted by Gasteiger charge is 2.20. The van der Waals surface area contributed by atoms with Gasteiger partial charge in [0.1, 0.15) is 0 Å². The third-order valence-electron chi connectivity index (χ3n) is 3.51. The Balaban J connectivity index is 1.70. The number of hydrogen-bond donors (Lipinski definition) is 1. The number of benzene rings is 1. The van der Waals surface area contributed by atoms with Crippen molar-refractivity contribution in [3.63, 3.8) is 0 Å². The highest BCUT2D eigenvalue weighted by atomic mass is 15.4. The molecule has 0 spiro atoms. The van der Waals surface area contributed by atoms with Gasteiger partial charge < -0.3 is 5.32 Å². The maximum absolute atomic E-state index is 4.20. The van der Waals surface area contributed by atoms with Gasteiger partial charge in [-0.3, -0.25) is 0 Å². The first-order valence-corrected chi connectivity index (χ1v) is 6.97. The fourth-order valence-corrected chi connectivity index (χ4v) is 2.05. The Morgan fingerprint density at radius 2 is 2.00 bits per heavy atom. The largest absolute Gasteiger partial charge is 0.308 e. The second-order valence-electron chi connectivity index (χ2n) is 5.56. The van der Waals surface area contributed by atoms with Gasteiger partial charge in [0, 0.05) is 12.6 Å². The summed E-state index contributed by atoms with van der Waals surface area (Å²) in [5.74, 6) is 0.558. The Morgan fingerprint density at radius 3 is 2.63 bits per heavy atom. The zero-order chi connectivity index (χ0) is 13.2. The predicted molar refractivity (Wildman–Crippen MR) is 75.3 cm³/mol. The SMILES string of the molecule is CC(C)c1ccc(-n2cc(CNC3CC3)nn2)cc1. The van der Waals surface area contributed by atoms with Crippen LogP contribution in [0.4, 0.5) is 0 Å². The van der Waals surface area contributed by atoms with Crippen molar-refractivity contribution in [3.05, 3.63) is 41.7 Å². The van der Waals surface area contributed by atoms with Crippen LogP contribution in [0.5, 0.6) is 0 Å². The molecule has 4 nitrogen and oxygen atoms in total. The van der Waals surface area contributed by atoms with Gasteiger partial charge in [-0.2, -0.15) is 0 Å². The highest BCUT2D eigenvalue weighted by molar-refractivity contribution is 5.34. The molecule has 100 valence electrons. The summed E-state index contributed by atoms with van der Waals surface area (Å²) in [4.78, 5) is 0. The molecule has 1 fully saturated rings. The molecule has 0 aliphatic heterocycles. The molecule has 1 aliphatic carbocycles. The smallest absolute Gasteiger partial charge is 0.0969 e. The minimum absolute atomic E-state index is 0.558. The van der Waals surface area contributed by atoms with Gasteiger partial charge in [0.2, 0.25) is 0 Å². The van der Waals surface area contributed by atoms with E-state index >= 15 is 0 Å². The van der Waals surface area contributed by atoms with Gasteiger partial charge in [-0.25, -0.2) is 4.68 Å². The first kappa shape index (κ1) is 12.4. The summed E-state index contributed by atoms with van der Waals surface area (Å²) < 4.78 is 1.84. The minimum atomic E-state index is 0.558. The topological polar surface area (TPSA) is 42.7 Å². The second kappa shape index (κ2) is 5.13. The number of nitrogens with zero attached hydrogens (tertiary/aromatic N) is 3. The van der Waals surface area contributed by atoms with Crippen LogP contribution >= 0.6 is 0 Å². The predicted octanol–water partition coefficient (Wildman–Crippen LogP) is 2.64. The number of rotatable bonds is 5. The minimum Gasteiger partial charge on any atom is -0.308 e. The van der Waals surface area contributed by atoms with E-state index < -0.39 is 0 Å². The van der Waals surface area contributed by atoms with Crippen LogP contribution in [0.15, 0.2) is 30.5 Å². The molecule has 0 radical (unpaired) electrons. The number of nitrogens with one attached hydrogen (secondary N) is 1. The van der Waals surface area contributed by atoms with Gasteiger partial charge in [-0.05, 0) is 36.5 Å². The van der Waals surface area contributed by atoms with Gasteiger partial charge in [0.15, 0.2) is 0 Å². The van der Waals surface area contributed by atoms with Crippen LogP contribution in [0.3, 0.4) is 0 Å². The van der Waals surface area contributed by atoms with Crippen molar-refractivity contribution in [1.82, 2.24) is 20.3 Å². The molecule has 1 aliphatic rings. The fraction of sp³-hybridized carbons (Fsp3) is 0.467. The summed E-state index contributed by atoms with van der Waals surface area (Å²) in [6.45, 7) is 5.22. The lowest BCUT2D eigenvalue weighted by Gasteiger charge is -2.06. The molecule has 0 unspecified atom stereocenters. The van der Waals surface area contributed by atoms with Gasteiger partial charge in [-0.1, -0.05) is 31.2 Å². The fourth-order valence-electron chi connectivity index (χ4n) is 2.05. The quantitative estimate of drug-likeness (QED) is 0.894. The zero-order valence-electron chi connectivity index (χ0n) is 11.5. The van der Waals surface area contributed by atoms with Crippen LogP contribution < -0.4 is 5.32 Å². The van der Waals surface area contributed by atoms with Crippen LogP contribution in [0, 0.1) is 0 Å². The lowest BCUT2D eigenvalue weighted by molar-refractivity contribution is 0.671. The molecule has 1 saturated carbocycles. The maximum atomic E-state index is 4.20. The maximum Gasteiger partial charge on any atom is 0.0969 e. The van der Waals surface area contributed by atoms with Crippen molar-refractivity contribution < 1.29 is 0 Å².